The maximum atomic E-state index is 12.4. The molecule has 1 unspecified atom stereocenters. The zero-order valence-electron chi connectivity index (χ0n) is 19.5. The Labute approximate surface area is 202 Å². The van der Waals surface area contributed by atoms with E-state index in [1.165, 1.54) is 7.11 Å². The van der Waals surface area contributed by atoms with E-state index in [0.29, 0.717) is 0 Å². The van der Waals surface area contributed by atoms with Crippen LogP contribution >= 0.6 is 0 Å². The van der Waals surface area contributed by atoms with Crippen molar-refractivity contribution in [1.29, 1.82) is 0 Å². The summed E-state index contributed by atoms with van der Waals surface area (Å²) in [6, 6.07) is 14.5. The van der Waals surface area contributed by atoms with E-state index < -0.39 is 42.5 Å². The third kappa shape index (κ3) is 6.36. The van der Waals surface area contributed by atoms with Crippen LogP contribution in [-0.2, 0) is 28.6 Å². The second-order valence-corrected chi connectivity index (χ2v) is 7.95. The van der Waals surface area contributed by atoms with Crippen LogP contribution in [0.15, 0.2) is 48.5 Å². The predicted octanol–water partition coefficient (Wildman–Crippen LogP) is 2.06. The molecule has 0 radical (unpaired) electrons. The van der Waals surface area contributed by atoms with Crippen LogP contribution in [-0.4, -0.2) is 68.6 Å². The topological polar surface area (TPSA) is 140 Å². The van der Waals surface area contributed by atoms with Gasteiger partial charge < -0.3 is 30.0 Å². The van der Waals surface area contributed by atoms with Crippen LogP contribution in [0.25, 0.3) is 11.1 Å². The third-order valence-electron chi connectivity index (χ3n) is 5.81. The summed E-state index contributed by atoms with van der Waals surface area (Å²) < 4.78 is 15.0. The summed E-state index contributed by atoms with van der Waals surface area (Å²) in [7, 11) is 2.41. The van der Waals surface area contributed by atoms with Gasteiger partial charge in [-0.3, -0.25) is 9.59 Å². The highest BCUT2D eigenvalue weighted by atomic mass is 16.5. The average molecular weight is 485 g/mol. The van der Waals surface area contributed by atoms with E-state index in [1.807, 2.05) is 48.5 Å². The highest BCUT2D eigenvalue weighted by molar-refractivity contribution is 5.89. The second kappa shape index (κ2) is 12.0. The number of amides is 2. The molecule has 0 heterocycles. The van der Waals surface area contributed by atoms with Gasteiger partial charge in [0.25, 0.3) is 0 Å². The lowest BCUT2D eigenvalue weighted by atomic mass is 9.98. The Morgan fingerprint density at radius 2 is 1.57 bits per heavy atom. The third-order valence-corrected chi connectivity index (χ3v) is 5.81. The molecule has 3 N–H and O–H groups in total. The lowest BCUT2D eigenvalue weighted by molar-refractivity contribution is -0.149. The number of ether oxygens (including phenoxy) is 3. The number of carbonyl (C=O) groups is 4. The van der Waals surface area contributed by atoms with Gasteiger partial charge in [-0.05, 0) is 22.3 Å². The number of carboxylic acids is 1. The van der Waals surface area contributed by atoms with Crippen LogP contribution < -0.4 is 10.6 Å². The first-order chi connectivity index (χ1) is 16.8. The Morgan fingerprint density at radius 3 is 2.11 bits per heavy atom. The zero-order chi connectivity index (χ0) is 25.4. The lowest BCUT2D eigenvalue weighted by Gasteiger charge is -2.19. The number of alkyl carbamates (subject to hydrolysis) is 1. The fourth-order valence-electron chi connectivity index (χ4n) is 4.03. The molecule has 0 bridgehead atoms. The number of carboxylic acid groups (broad SMARTS) is 1. The first kappa shape index (κ1) is 25.7. The molecule has 3 rings (SSSR count). The molecule has 0 fully saturated rings. The first-order valence-electron chi connectivity index (χ1n) is 11.1. The summed E-state index contributed by atoms with van der Waals surface area (Å²) in [5.41, 5.74) is 4.44. The molecule has 1 aliphatic carbocycles. The number of benzene rings is 2. The number of esters is 1. The Balaban J connectivity index is 1.49. The molecule has 35 heavy (non-hydrogen) atoms. The van der Waals surface area contributed by atoms with Gasteiger partial charge in [-0.1, -0.05) is 48.5 Å². The van der Waals surface area contributed by atoms with Crippen LogP contribution in [0.4, 0.5) is 4.79 Å². The number of hydrogen-bond acceptors (Lipinski definition) is 7. The minimum Gasteiger partial charge on any atom is -0.480 e. The number of aliphatic carboxylic acids is 1. The normalized spacial score (nSPS) is 13.7. The van der Waals surface area contributed by atoms with Crippen LogP contribution in [0.5, 0.6) is 0 Å². The number of carbonyl (C=O) groups excluding carboxylic acids is 3. The zero-order valence-corrected chi connectivity index (χ0v) is 19.5. The van der Waals surface area contributed by atoms with Gasteiger partial charge in [0.1, 0.15) is 18.8 Å². The number of hydrogen-bond donors (Lipinski definition) is 3. The van der Waals surface area contributed by atoms with Crippen molar-refractivity contribution < 1.29 is 38.5 Å². The Hall–Kier alpha value is -3.92. The summed E-state index contributed by atoms with van der Waals surface area (Å²) in [6.45, 7) is 0.208. The van der Waals surface area contributed by atoms with Crippen molar-refractivity contribution in [2.24, 2.45) is 0 Å². The van der Waals surface area contributed by atoms with Gasteiger partial charge in [0, 0.05) is 26.0 Å². The lowest BCUT2D eigenvalue weighted by Crippen LogP contribution is -2.47. The molecule has 10 heteroatoms. The molecule has 10 nitrogen and oxygen atoms in total. The maximum absolute atomic E-state index is 12.4. The van der Waals surface area contributed by atoms with E-state index in [9.17, 15) is 24.3 Å². The molecule has 0 aromatic heterocycles. The van der Waals surface area contributed by atoms with E-state index in [2.05, 4.69) is 15.4 Å². The van der Waals surface area contributed by atoms with Gasteiger partial charge in [0.2, 0.25) is 5.91 Å². The molecule has 2 aromatic rings. The highest BCUT2D eigenvalue weighted by Crippen LogP contribution is 2.44. The smallest absolute Gasteiger partial charge is 0.407 e. The second-order valence-electron chi connectivity index (χ2n) is 7.95. The van der Waals surface area contributed by atoms with Crippen molar-refractivity contribution in [1.82, 2.24) is 10.6 Å². The van der Waals surface area contributed by atoms with E-state index in [0.717, 1.165) is 29.4 Å². The summed E-state index contributed by atoms with van der Waals surface area (Å²) in [5.74, 6) is -2.95. The Bertz CT molecular complexity index is 1040. The van der Waals surface area contributed by atoms with Crippen molar-refractivity contribution in [3.63, 3.8) is 0 Å². The van der Waals surface area contributed by atoms with Crippen molar-refractivity contribution >= 4 is 23.9 Å². The molecule has 0 saturated heterocycles. The highest BCUT2D eigenvalue weighted by Gasteiger charge is 2.30. The van der Waals surface area contributed by atoms with E-state index in [1.54, 1.807) is 0 Å². The fraction of sp³-hybridized carbons (Fsp3) is 0.360. The van der Waals surface area contributed by atoms with Gasteiger partial charge in [0.15, 0.2) is 0 Å². The minimum absolute atomic E-state index is 0.0529. The number of nitrogens with one attached hydrogen (secondary N) is 2. The molecule has 0 spiro atoms. The number of methoxy groups -OCH3 is 2. The van der Waals surface area contributed by atoms with Crippen LogP contribution in [0.2, 0.25) is 0 Å². The molecule has 2 atom stereocenters. The standard InChI is InChI=1S/C25H28N2O8/c1-33-21(23(29)27-20(24(30)31)13-22(28)34-2)11-12-26-25(32)35-14-19-17-9-5-3-7-15(17)16-8-4-6-10-18(16)19/h3-10,19-21H,11-14H2,1-2H3,(H,26,32)(H,27,29)(H,30,31)/t20-,21?/m0/s1. The van der Waals surface area contributed by atoms with E-state index in [4.69, 9.17) is 9.47 Å². The molecular formula is C25H28N2O8. The summed E-state index contributed by atoms with van der Waals surface area (Å²) in [6.07, 6.45) is -2.14. The molecule has 0 aliphatic heterocycles. The molecule has 2 amide bonds. The summed E-state index contributed by atoms with van der Waals surface area (Å²) >= 11 is 0. The van der Waals surface area contributed by atoms with E-state index in [-0.39, 0.29) is 25.5 Å². The van der Waals surface area contributed by atoms with Crippen LogP contribution in [0, 0.1) is 0 Å². The van der Waals surface area contributed by atoms with Crippen LogP contribution in [0.3, 0.4) is 0 Å². The maximum Gasteiger partial charge on any atom is 0.407 e. The molecule has 0 saturated carbocycles. The molecular weight excluding hydrogens is 456 g/mol. The number of rotatable bonds is 11. The molecule has 1 aliphatic rings. The Kier molecular flexibility index (Phi) is 8.80. The van der Waals surface area contributed by atoms with Gasteiger partial charge >= 0.3 is 18.0 Å². The van der Waals surface area contributed by atoms with Gasteiger partial charge in [-0.2, -0.15) is 0 Å². The SMILES string of the molecule is COC(=O)C[C@H](NC(=O)C(CCNC(=O)OCC1c2ccccc2-c2ccccc21)OC)C(=O)O. The minimum atomic E-state index is -1.46. The quantitative estimate of drug-likeness (QED) is 0.412. The summed E-state index contributed by atoms with van der Waals surface area (Å²) in [4.78, 5) is 47.3. The average Bonchev–Trinajstić information content (AvgIpc) is 3.18. The predicted molar refractivity (Wildman–Crippen MR) is 125 cm³/mol. The van der Waals surface area contributed by atoms with Crippen molar-refractivity contribution in [3.8, 4) is 11.1 Å². The van der Waals surface area contributed by atoms with Gasteiger partial charge in [0.05, 0.1) is 13.5 Å². The summed E-state index contributed by atoms with van der Waals surface area (Å²) in [5, 5.41) is 14.0. The molecule has 2 aromatic carbocycles. The van der Waals surface area contributed by atoms with Crippen molar-refractivity contribution in [2.75, 3.05) is 27.4 Å². The molecule has 186 valence electrons. The largest absolute Gasteiger partial charge is 0.480 e. The Morgan fingerprint density at radius 1 is 0.971 bits per heavy atom. The monoisotopic (exact) mass is 484 g/mol. The van der Waals surface area contributed by atoms with Gasteiger partial charge in [-0.15, -0.1) is 0 Å². The first-order valence-corrected chi connectivity index (χ1v) is 11.1. The van der Waals surface area contributed by atoms with Gasteiger partial charge in [-0.25, -0.2) is 9.59 Å². The van der Waals surface area contributed by atoms with Crippen molar-refractivity contribution in [2.45, 2.75) is 30.9 Å². The van der Waals surface area contributed by atoms with E-state index >= 15 is 0 Å². The van der Waals surface area contributed by atoms with Crippen molar-refractivity contribution in [3.05, 3.63) is 59.7 Å². The number of fused-ring (bicyclic) bond motifs is 3. The van der Waals surface area contributed by atoms with Crippen LogP contribution in [0.1, 0.15) is 29.9 Å². The fourth-order valence-corrected chi connectivity index (χ4v) is 4.03.